The summed E-state index contributed by atoms with van der Waals surface area (Å²) in [5.41, 5.74) is 2.10. The number of benzene rings is 2. The second-order valence-corrected chi connectivity index (χ2v) is 5.57. The molecular weight excluding hydrogens is 331 g/mol. The van der Waals surface area contributed by atoms with Gasteiger partial charge < -0.3 is 5.32 Å². The fourth-order valence-corrected chi connectivity index (χ4v) is 2.46. The highest BCUT2D eigenvalue weighted by Gasteiger charge is 2.19. The minimum absolute atomic E-state index is 0.200. The standard InChI is InChI=1S/C18H14F3N3O/c1-10-4-3-5-12(8-10)24-11(2)13(9-22-24)18(25)23-15-7-6-14(19)16(20)17(15)21/h3-9H,1-2H3,(H,23,25). The summed E-state index contributed by atoms with van der Waals surface area (Å²) in [5, 5.41) is 6.41. The number of halogens is 3. The van der Waals surface area contributed by atoms with Gasteiger partial charge in [0.2, 0.25) is 0 Å². The first-order valence-electron chi connectivity index (χ1n) is 7.45. The van der Waals surface area contributed by atoms with Gasteiger partial charge in [-0.15, -0.1) is 0 Å². The van der Waals surface area contributed by atoms with E-state index in [1.165, 1.54) is 6.20 Å². The van der Waals surface area contributed by atoms with Crippen LogP contribution in [0.3, 0.4) is 0 Å². The molecule has 0 radical (unpaired) electrons. The maximum absolute atomic E-state index is 13.7. The van der Waals surface area contributed by atoms with E-state index in [4.69, 9.17) is 0 Å². The summed E-state index contributed by atoms with van der Waals surface area (Å²) in [6.45, 7) is 3.62. The van der Waals surface area contributed by atoms with Gasteiger partial charge in [-0.05, 0) is 43.7 Å². The Morgan fingerprint density at radius 3 is 2.56 bits per heavy atom. The van der Waals surface area contributed by atoms with Gasteiger partial charge in [-0.25, -0.2) is 17.9 Å². The molecule has 0 unspecified atom stereocenters. The molecule has 1 aromatic heterocycles. The summed E-state index contributed by atoms with van der Waals surface area (Å²) >= 11 is 0. The van der Waals surface area contributed by atoms with Gasteiger partial charge in [0.05, 0.1) is 28.8 Å². The number of anilines is 1. The van der Waals surface area contributed by atoms with Crippen LogP contribution in [0.2, 0.25) is 0 Å². The molecule has 0 aliphatic carbocycles. The fraction of sp³-hybridized carbons (Fsp3) is 0.111. The molecule has 0 fully saturated rings. The van der Waals surface area contributed by atoms with Crippen LogP contribution in [0.4, 0.5) is 18.9 Å². The summed E-state index contributed by atoms with van der Waals surface area (Å²) in [6, 6.07) is 9.24. The van der Waals surface area contributed by atoms with E-state index < -0.39 is 29.0 Å². The Hall–Kier alpha value is -3.09. The number of aryl methyl sites for hydroxylation is 1. The predicted molar refractivity (Wildman–Crippen MR) is 87.3 cm³/mol. The number of carbonyl (C=O) groups is 1. The summed E-state index contributed by atoms with van der Waals surface area (Å²) in [6.07, 6.45) is 1.34. The number of hydrogen-bond acceptors (Lipinski definition) is 2. The summed E-state index contributed by atoms with van der Waals surface area (Å²) < 4.78 is 41.5. The lowest BCUT2D eigenvalue weighted by molar-refractivity contribution is 0.102. The van der Waals surface area contributed by atoms with Crippen molar-refractivity contribution in [1.82, 2.24) is 9.78 Å². The van der Waals surface area contributed by atoms with Crippen LogP contribution in [0.15, 0.2) is 42.6 Å². The minimum Gasteiger partial charge on any atom is -0.319 e. The van der Waals surface area contributed by atoms with Gasteiger partial charge >= 0.3 is 0 Å². The van der Waals surface area contributed by atoms with Crippen molar-refractivity contribution in [2.24, 2.45) is 0 Å². The molecule has 1 heterocycles. The van der Waals surface area contributed by atoms with Crippen molar-refractivity contribution in [3.8, 4) is 5.69 Å². The molecule has 4 nitrogen and oxygen atoms in total. The van der Waals surface area contributed by atoms with Crippen LogP contribution in [0.25, 0.3) is 5.69 Å². The van der Waals surface area contributed by atoms with Crippen LogP contribution in [-0.4, -0.2) is 15.7 Å². The van der Waals surface area contributed by atoms with E-state index in [0.29, 0.717) is 5.69 Å². The highest BCUT2D eigenvalue weighted by molar-refractivity contribution is 6.05. The van der Waals surface area contributed by atoms with Crippen LogP contribution >= 0.6 is 0 Å². The number of nitrogens with one attached hydrogen (secondary N) is 1. The van der Waals surface area contributed by atoms with Gasteiger partial charge in [0.1, 0.15) is 0 Å². The quantitative estimate of drug-likeness (QED) is 0.725. The third kappa shape index (κ3) is 3.13. The van der Waals surface area contributed by atoms with Crippen molar-refractivity contribution >= 4 is 11.6 Å². The molecule has 0 aliphatic rings. The molecule has 1 N–H and O–H groups in total. The molecule has 1 amide bonds. The smallest absolute Gasteiger partial charge is 0.259 e. The lowest BCUT2D eigenvalue weighted by atomic mass is 10.2. The first-order chi connectivity index (χ1) is 11.9. The maximum Gasteiger partial charge on any atom is 0.259 e. The Labute approximate surface area is 141 Å². The zero-order valence-electron chi connectivity index (χ0n) is 13.5. The van der Waals surface area contributed by atoms with Crippen LogP contribution in [-0.2, 0) is 0 Å². The first-order valence-corrected chi connectivity index (χ1v) is 7.45. The van der Waals surface area contributed by atoms with E-state index in [2.05, 4.69) is 10.4 Å². The SMILES string of the molecule is Cc1cccc(-n2ncc(C(=O)Nc3ccc(F)c(F)c3F)c2C)c1. The van der Waals surface area contributed by atoms with Gasteiger partial charge in [0.15, 0.2) is 17.5 Å². The largest absolute Gasteiger partial charge is 0.319 e. The molecule has 3 aromatic rings. The number of amides is 1. The molecule has 7 heteroatoms. The Balaban J connectivity index is 1.91. The van der Waals surface area contributed by atoms with Crippen molar-refractivity contribution in [2.45, 2.75) is 13.8 Å². The molecular formula is C18H14F3N3O. The third-order valence-electron chi connectivity index (χ3n) is 3.78. The molecule has 128 valence electrons. The van der Waals surface area contributed by atoms with Crippen molar-refractivity contribution in [2.75, 3.05) is 5.32 Å². The van der Waals surface area contributed by atoms with E-state index in [0.717, 1.165) is 23.4 Å². The number of aromatic nitrogens is 2. The maximum atomic E-state index is 13.7. The zero-order valence-corrected chi connectivity index (χ0v) is 13.5. The normalized spacial score (nSPS) is 10.8. The molecule has 0 atom stereocenters. The molecule has 0 saturated heterocycles. The summed E-state index contributed by atoms with van der Waals surface area (Å²) in [7, 11) is 0. The second-order valence-electron chi connectivity index (χ2n) is 5.57. The number of nitrogens with zero attached hydrogens (tertiary/aromatic N) is 2. The van der Waals surface area contributed by atoms with Gasteiger partial charge in [-0.3, -0.25) is 4.79 Å². The average molecular weight is 345 g/mol. The van der Waals surface area contributed by atoms with Crippen molar-refractivity contribution in [1.29, 1.82) is 0 Å². The second kappa shape index (κ2) is 6.43. The lowest BCUT2D eigenvalue weighted by Crippen LogP contribution is -2.15. The monoisotopic (exact) mass is 345 g/mol. The predicted octanol–water partition coefficient (Wildman–Crippen LogP) is 4.16. The van der Waals surface area contributed by atoms with Crippen molar-refractivity contribution in [3.63, 3.8) is 0 Å². The average Bonchev–Trinajstić information content (AvgIpc) is 2.97. The van der Waals surface area contributed by atoms with Crippen LogP contribution < -0.4 is 5.32 Å². The molecule has 0 aliphatic heterocycles. The molecule has 0 spiro atoms. The van der Waals surface area contributed by atoms with Gasteiger partial charge in [-0.2, -0.15) is 5.10 Å². The Morgan fingerprint density at radius 2 is 1.84 bits per heavy atom. The van der Waals surface area contributed by atoms with Crippen molar-refractivity contribution in [3.05, 3.63) is 76.9 Å². The molecule has 0 saturated carbocycles. The van der Waals surface area contributed by atoms with E-state index in [-0.39, 0.29) is 5.56 Å². The number of rotatable bonds is 3. The Bertz CT molecular complexity index is 966. The molecule has 25 heavy (non-hydrogen) atoms. The van der Waals surface area contributed by atoms with Gasteiger partial charge in [-0.1, -0.05) is 12.1 Å². The van der Waals surface area contributed by atoms with Crippen LogP contribution in [0.1, 0.15) is 21.6 Å². The van der Waals surface area contributed by atoms with Gasteiger partial charge in [0.25, 0.3) is 5.91 Å². The molecule has 2 aromatic carbocycles. The van der Waals surface area contributed by atoms with E-state index in [1.807, 2.05) is 31.2 Å². The van der Waals surface area contributed by atoms with Gasteiger partial charge in [0, 0.05) is 0 Å². The van der Waals surface area contributed by atoms with E-state index in [9.17, 15) is 18.0 Å². The Morgan fingerprint density at radius 1 is 1.08 bits per heavy atom. The van der Waals surface area contributed by atoms with Crippen molar-refractivity contribution < 1.29 is 18.0 Å². The summed E-state index contributed by atoms with van der Waals surface area (Å²) in [5.74, 6) is -5.07. The number of carbonyl (C=O) groups excluding carboxylic acids is 1. The van der Waals surface area contributed by atoms with Crippen LogP contribution in [0.5, 0.6) is 0 Å². The molecule has 0 bridgehead atoms. The minimum atomic E-state index is -1.63. The Kier molecular flexibility index (Phi) is 4.31. The number of hydrogen-bond donors (Lipinski definition) is 1. The highest BCUT2D eigenvalue weighted by Crippen LogP contribution is 2.21. The summed E-state index contributed by atoms with van der Waals surface area (Å²) in [4.78, 5) is 12.3. The van der Waals surface area contributed by atoms with Crippen LogP contribution in [0, 0.1) is 31.3 Å². The van der Waals surface area contributed by atoms with E-state index in [1.54, 1.807) is 11.6 Å². The zero-order chi connectivity index (χ0) is 18.1. The highest BCUT2D eigenvalue weighted by atomic mass is 19.2. The third-order valence-corrected chi connectivity index (χ3v) is 3.78. The van der Waals surface area contributed by atoms with E-state index >= 15 is 0 Å². The first kappa shape index (κ1) is 16.8. The molecule has 3 rings (SSSR count). The lowest BCUT2D eigenvalue weighted by Gasteiger charge is -2.08. The fourth-order valence-electron chi connectivity index (χ4n) is 2.46. The topological polar surface area (TPSA) is 46.9 Å².